The molecule has 2 rings (SSSR count). The molecule has 1 saturated heterocycles. The molecule has 0 bridgehead atoms. The Labute approximate surface area is 104 Å². The first-order valence-electron chi connectivity index (χ1n) is 7.04. The lowest BCUT2D eigenvalue weighted by atomic mass is 9.73. The van der Waals surface area contributed by atoms with Crippen LogP contribution in [0.25, 0.3) is 0 Å². The van der Waals surface area contributed by atoms with Crippen LogP contribution in [0.4, 0.5) is 0 Å². The largest absolute Gasteiger partial charge is 0.481 e. The van der Waals surface area contributed by atoms with Gasteiger partial charge in [-0.3, -0.25) is 4.79 Å². The molecule has 0 radical (unpaired) electrons. The molecule has 1 heterocycles. The Bertz CT molecular complexity index is 261. The summed E-state index contributed by atoms with van der Waals surface area (Å²) in [7, 11) is 0. The third-order valence-corrected chi connectivity index (χ3v) is 4.38. The molecule has 1 aliphatic carbocycles. The normalized spacial score (nSPS) is 26.2. The van der Waals surface area contributed by atoms with Crippen molar-refractivity contribution in [2.45, 2.75) is 51.9 Å². The molecule has 2 aliphatic rings. The zero-order chi connectivity index (χ0) is 12.3. The summed E-state index contributed by atoms with van der Waals surface area (Å²) in [6.07, 6.45) is 8.74. The number of carbonyl (C=O) groups is 1. The van der Waals surface area contributed by atoms with Crippen LogP contribution in [0.5, 0.6) is 0 Å². The minimum absolute atomic E-state index is 0.288. The van der Waals surface area contributed by atoms with Crippen LogP contribution in [0.3, 0.4) is 0 Å². The van der Waals surface area contributed by atoms with Gasteiger partial charge in [0.25, 0.3) is 0 Å². The molecule has 1 aliphatic heterocycles. The van der Waals surface area contributed by atoms with Gasteiger partial charge in [0.05, 0.1) is 0 Å². The van der Waals surface area contributed by atoms with E-state index in [1.807, 2.05) is 6.92 Å². The van der Waals surface area contributed by atoms with Crippen LogP contribution in [0.1, 0.15) is 51.9 Å². The van der Waals surface area contributed by atoms with Crippen LogP contribution in [0, 0.1) is 11.3 Å². The fourth-order valence-electron chi connectivity index (χ4n) is 3.63. The maximum Gasteiger partial charge on any atom is 0.303 e. The number of hydrogen-bond donors (Lipinski definition) is 1. The predicted octanol–water partition coefficient (Wildman–Crippen LogP) is 2.75. The Morgan fingerprint density at radius 2 is 1.82 bits per heavy atom. The smallest absolute Gasteiger partial charge is 0.303 e. The highest BCUT2D eigenvalue weighted by Crippen LogP contribution is 2.42. The van der Waals surface area contributed by atoms with E-state index in [4.69, 9.17) is 5.11 Å². The van der Waals surface area contributed by atoms with E-state index in [9.17, 15) is 4.79 Å². The fraction of sp³-hybridized carbons (Fsp3) is 0.929. The van der Waals surface area contributed by atoms with Crippen molar-refractivity contribution in [1.82, 2.24) is 4.90 Å². The summed E-state index contributed by atoms with van der Waals surface area (Å²) in [6, 6.07) is 0. The maximum atomic E-state index is 10.6. The summed E-state index contributed by atoms with van der Waals surface area (Å²) >= 11 is 0. The molecule has 2 fully saturated rings. The zero-order valence-electron chi connectivity index (χ0n) is 11.0. The van der Waals surface area contributed by atoms with E-state index in [0.717, 1.165) is 6.54 Å². The van der Waals surface area contributed by atoms with Crippen molar-refractivity contribution in [1.29, 1.82) is 0 Å². The number of nitrogens with zero attached hydrogens (tertiary/aromatic N) is 1. The fourth-order valence-corrected chi connectivity index (χ4v) is 3.63. The molecule has 0 aromatic heterocycles. The van der Waals surface area contributed by atoms with Gasteiger partial charge in [0, 0.05) is 26.1 Å². The topological polar surface area (TPSA) is 40.5 Å². The Kier molecular flexibility index (Phi) is 4.08. The van der Waals surface area contributed by atoms with Gasteiger partial charge in [0.2, 0.25) is 0 Å². The number of likely N-dealkylation sites (tertiary alicyclic amines) is 1. The maximum absolute atomic E-state index is 10.6. The Morgan fingerprint density at radius 3 is 2.35 bits per heavy atom. The highest BCUT2D eigenvalue weighted by atomic mass is 16.4. The molecule has 1 N–H and O–H groups in total. The molecule has 98 valence electrons. The summed E-state index contributed by atoms with van der Waals surface area (Å²) in [5, 5.41) is 8.75. The van der Waals surface area contributed by atoms with E-state index in [-0.39, 0.29) is 5.92 Å². The molecule has 17 heavy (non-hydrogen) atoms. The zero-order valence-corrected chi connectivity index (χ0v) is 11.0. The first-order chi connectivity index (χ1) is 8.10. The van der Waals surface area contributed by atoms with Gasteiger partial charge < -0.3 is 10.0 Å². The molecule has 0 aromatic rings. The van der Waals surface area contributed by atoms with Gasteiger partial charge in [-0.1, -0.05) is 32.6 Å². The first-order valence-corrected chi connectivity index (χ1v) is 7.04. The van der Waals surface area contributed by atoms with Gasteiger partial charge in [-0.05, 0) is 24.2 Å². The predicted molar refractivity (Wildman–Crippen MR) is 68.0 cm³/mol. The van der Waals surface area contributed by atoms with Gasteiger partial charge in [-0.25, -0.2) is 0 Å². The van der Waals surface area contributed by atoms with E-state index < -0.39 is 5.97 Å². The average Bonchev–Trinajstić information content (AvgIpc) is 2.41. The van der Waals surface area contributed by atoms with Crippen molar-refractivity contribution in [3.05, 3.63) is 0 Å². The van der Waals surface area contributed by atoms with Crippen LogP contribution in [-0.4, -0.2) is 35.6 Å². The second-order valence-electron chi connectivity index (χ2n) is 6.29. The van der Waals surface area contributed by atoms with Crippen molar-refractivity contribution in [2.75, 3.05) is 19.6 Å². The van der Waals surface area contributed by atoms with Crippen molar-refractivity contribution >= 4 is 5.97 Å². The Morgan fingerprint density at radius 1 is 1.24 bits per heavy atom. The SMILES string of the molecule is CC(CC(=O)O)CN1CC2(CCCCCC2)C1. The van der Waals surface area contributed by atoms with Crippen LogP contribution < -0.4 is 0 Å². The Hall–Kier alpha value is -0.570. The van der Waals surface area contributed by atoms with Crippen molar-refractivity contribution < 1.29 is 9.90 Å². The third kappa shape index (κ3) is 3.44. The highest BCUT2D eigenvalue weighted by Gasteiger charge is 2.42. The molecular formula is C14H25NO2. The lowest BCUT2D eigenvalue weighted by molar-refractivity contribution is -0.138. The van der Waals surface area contributed by atoms with Gasteiger partial charge in [0.15, 0.2) is 0 Å². The van der Waals surface area contributed by atoms with Crippen LogP contribution in [-0.2, 0) is 4.79 Å². The molecular weight excluding hydrogens is 214 g/mol. The third-order valence-electron chi connectivity index (χ3n) is 4.38. The van der Waals surface area contributed by atoms with Crippen molar-refractivity contribution in [3.63, 3.8) is 0 Å². The lowest BCUT2D eigenvalue weighted by Crippen LogP contribution is -2.57. The van der Waals surface area contributed by atoms with Crippen molar-refractivity contribution in [3.8, 4) is 0 Å². The molecule has 1 saturated carbocycles. The Balaban J connectivity index is 1.72. The first kappa shape index (κ1) is 12.9. The number of rotatable bonds is 4. The minimum Gasteiger partial charge on any atom is -0.481 e. The van der Waals surface area contributed by atoms with E-state index in [2.05, 4.69) is 4.90 Å². The van der Waals surface area contributed by atoms with Gasteiger partial charge >= 0.3 is 5.97 Å². The van der Waals surface area contributed by atoms with Gasteiger partial charge in [0.1, 0.15) is 0 Å². The van der Waals surface area contributed by atoms with Crippen LogP contribution >= 0.6 is 0 Å². The molecule has 0 aromatic carbocycles. The standard InChI is InChI=1S/C14H25NO2/c1-12(8-13(16)17)9-15-10-14(11-15)6-4-2-3-5-7-14/h12H,2-11H2,1H3,(H,16,17). The van der Waals surface area contributed by atoms with E-state index >= 15 is 0 Å². The molecule has 1 atom stereocenters. The molecule has 1 unspecified atom stereocenters. The van der Waals surface area contributed by atoms with Gasteiger partial charge in [-0.15, -0.1) is 0 Å². The number of hydrogen-bond acceptors (Lipinski definition) is 2. The summed E-state index contributed by atoms with van der Waals surface area (Å²) in [5.41, 5.74) is 0.611. The lowest BCUT2D eigenvalue weighted by Gasteiger charge is -2.51. The van der Waals surface area contributed by atoms with Gasteiger partial charge in [-0.2, -0.15) is 0 Å². The number of carboxylic acid groups (broad SMARTS) is 1. The van der Waals surface area contributed by atoms with Crippen molar-refractivity contribution in [2.24, 2.45) is 11.3 Å². The quantitative estimate of drug-likeness (QED) is 0.820. The summed E-state index contributed by atoms with van der Waals surface area (Å²) in [4.78, 5) is 13.1. The molecule has 1 spiro atoms. The summed E-state index contributed by atoms with van der Waals surface area (Å²) in [5.74, 6) is -0.377. The van der Waals surface area contributed by atoms with E-state index in [1.165, 1.54) is 51.6 Å². The highest BCUT2D eigenvalue weighted by molar-refractivity contribution is 5.66. The van der Waals surface area contributed by atoms with Crippen LogP contribution in [0.15, 0.2) is 0 Å². The molecule has 3 nitrogen and oxygen atoms in total. The average molecular weight is 239 g/mol. The second-order valence-corrected chi connectivity index (χ2v) is 6.29. The summed E-state index contributed by atoms with van der Waals surface area (Å²) < 4.78 is 0. The van der Waals surface area contributed by atoms with E-state index in [0.29, 0.717) is 11.8 Å². The van der Waals surface area contributed by atoms with E-state index in [1.54, 1.807) is 0 Å². The second kappa shape index (κ2) is 5.38. The molecule has 3 heteroatoms. The minimum atomic E-state index is -0.665. The monoisotopic (exact) mass is 239 g/mol. The number of aliphatic carboxylic acids is 1. The summed E-state index contributed by atoms with van der Waals surface area (Å²) in [6.45, 7) is 5.45. The molecule has 0 amide bonds. The van der Waals surface area contributed by atoms with Crippen LogP contribution in [0.2, 0.25) is 0 Å². The number of carboxylic acids is 1.